The van der Waals surface area contributed by atoms with E-state index in [1.807, 2.05) is 6.20 Å². The first kappa shape index (κ1) is 16.4. The molecule has 0 radical (unpaired) electrons. The quantitative estimate of drug-likeness (QED) is 0.749. The highest BCUT2D eigenvalue weighted by molar-refractivity contribution is 5.78. The fraction of sp³-hybridized carbons (Fsp3) is 0.294. The Balaban J connectivity index is 1.62. The second-order valence-electron chi connectivity index (χ2n) is 6.29. The zero-order chi connectivity index (χ0) is 18.3. The van der Waals surface area contributed by atoms with Gasteiger partial charge in [0.2, 0.25) is 5.91 Å². The molecule has 9 heteroatoms. The zero-order valence-corrected chi connectivity index (χ0v) is 13.9. The zero-order valence-electron chi connectivity index (χ0n) is 13.9. The van der Waals surface area contributed by atoms with Crippen LogP contribution in [0.25, 0.3) is 11.0 Å². The van der Waals surface area contributed by atoms with E-state index in [9.17, 15) is 13.6 Å². The number of hydrogen-bond donors (Lipinski definition) is 2. The fourth-order valence-electron chi connectivity index (χ4n) is 3.14. The molecule has 0 spiro atoms. The summed E-state index contributed by atoms with van der Waals surface area (Å²) >= 11 is 0. The minimum atomic E-state index is -0.970. The van der Waals surface area contributed by atoms with Crippen molar-refractivity contribution in [1.82, 2.24) is 25.1 Å². The van der Waals surface area contributed by atoms with E-state index < -0.39 is 11.6 Å². The Hall–Kier alpha value is -3.10. The number of aryl methyl sites for hydroxylation is 1. The van der Waals surface area contributed by atoms with Gasteiger partial charge in [-0.05, 0) is 6.42 Å². The predicted octanol–water partition coefficient (Wildman–Crippen LogP) is 2.07. The molecule has 1 fully saturated rings. The van der Waals surface area contributed by atoms with Gasteiger partial charge in [0.05, 0.1) is 35.5 Å². The molecule has 0 bridgehead atoms. The minimum absolute atomic E-state index is 0.0287. The summed E-state index contributed by atoms with van der Waals surface area (Å²) in [6.07, 6.45) is 6.00. The Labute approximate surface area is 147 Å². The van der Waals surface area contributed by atoms with Gasteiger partial charge in [-0.15, -0.1) is 0 Å². The van der Waals surface area contributed by atoms with Crippen molar-refractivity contribution in [2.75, 3.05) is 5.32 Å². The van der Waals surface area contributed by atoms with Gasteiger partial charge in [0, 0.05) is 37.4 Å². The number of amides is 1. The average Bonchev–Trinajstić information content (AvgIpc) is 3.04. The topological polar surface area (TPSA) is 84.7 Å². The van der Waals surface area contributed by atoms with Gasteiger partial charge in [0.25, 0.3) is 0 Å². The number of anilines is 1. The van der Waals surface area contributed by atoms with Crippen molar-refractivity contribution >= 4 is 22.8 Å². The number of benzene rings is 1. The Bertz CT molecular complexity index is 989. The molecule has 4 rings (SSSR count). The van der Waals surface area contributed by atoms with Crippen molar-refractivity contribution in [2.24, 2.45) is 7.05 Å². The Morgan fingerprint density at radius 3 is 2.73 bits per heavy atom. The van der Waals surface area contributed by atoms with Gasteiger partial charge >= 0.3 is 0 Å². The molecule has 1 saturated heterocycles. The van der Waals surface area contributed by atoms with Gasteiger partial charge in [-0.2, -0.15) is 5.10 Å². The van der Waals surface area contributed by atoms with Crippen LogP contribution in [0.5, 0.6) is 0 Å². The third-order valence-electron chi connectivity index (χ3n) is 4.40. The first-order chi connectivity index (χ1) is 12.5. The monoisotopic (exact) mass is 358 g/mol. The second-order valence-corrected chi connectivity index (χ2v) is 6.29. The highest BCUT2D eigenvalue weighted by Gasteiger charge is 2.31. The lowest BCUT2D eigenvalue weighted by Gasteiger charge is -2.32. The van der Waals surface area contributed by atoms with E-state index in [2.05, 4.69) is 25.7 Å². The van der Waals surface area contributed by atoms with Gasteiger partial charge in [-0.25, -0.2) is 13.8 Å². The summed E-state index contributed by atoms with van der Waals surface area (Å²) in [4.78, 5) is 20.3. The molecule has 3 heterocycles. The van der Waals surface area contributed by atoms with Crippen LogP contribution in [0.1, 0.15) is 24.4 Å². The molecular weight excluding hydrogens is 342 g/mol. The van der Waals surface area contributed by atoms with Crippen molar-refractivity contribution in [3.63, 3.8) is 0 Å². The van der Waals surface area contributed by atoms with Crippen molar-refractivity contribution in [3.8, 4) is 0 Å². The molecule has 0 unspecified atom stereocenters. The summed E-state index contributed by atoms with van der Waals surface area (Å²) in [6.45, 7) is 0. The molecule has 7 nitrogen and oxygen atoms in total. The third kappa shape index (κ3) is 3.07. The van der Waals surface area contributed by atoms with E-state index in [4.69, 9.17) is 0 Å². The Morgan fingerprint density at radius 1 is 1.23 bits per heavy atom. The van der Waals surface area contributed by atoms with Crippen LogP contribution in [-0.2, 0) is 11.8 Å². The standard InChI is InChI=1S/C17H16F2N6O/c1-25-8-9(6-21-25)17-12(2-3-16(26)24-17)22-15-7-20-13-4-10(18)11(19)5-14(13)23-15/h4-8,12,17H,2-3H2,1H3,(H,22,23)(H,24,26)/t12-,17+/m1/s1. The van der Waals surface area contributed by atoms with Gasteiger partial charge < -0.3 is 10.6 Å². The summed E-state index contributed by atoms with van der Waals surface area (Å²) in [7, 11) is 1.80. The van der Waals surface area contributed by atoms with Crippen LogP contribution in [0.3, 0.4) is 0 Å². The summed E-state index contributed by atoms with van der Waals surface area (Å²) in [5.41, 5.74) is 1.40. The van der Waals surface area contributed by atoms with Crippen molar-refractivity contribution in [2.45, 2.75) is 24.9 Å². The number of hydrogen-bond acceptors (Lipinski definition) is 5. The van der Waals surface area contributed by atoms with E-state index in [0.29, 0.717) is 18.7 Å². The van der Waals surface area contributed by atoms with Crippen molar-refractivity contribution < 1.29 is 13.6 Å². The lowest BCUT2D eigenvalue weighted by atomic mass is 9.94. The Kier molecular flexibility index (Phi) is 3.98. The number of aromatic nitrogens is 4. The van der Waals surface area contributed by atoms with E-state index in [1.54, 1.807) is 17.9 Å². The molecule has 134 valence electrons. The maximum atomic E-state index is 13.4. The summed E-state index contributed by atoms with van der Waals surface area (Å²) < 4.78 is 28.4. The number of piperidine rings is 1. The number of fused-ring (bicyclic) bond motifs is 1. The number of nitrogens with one attached hydrogen (secondary N) is 2. The fourth-order valence-corrected chi connectivity index (χ4v) is 3.14. The first-order valence-electron chi connectivity index (χ1n) is 8.16. The second kappa shape index (κ2) is 6.32. The van der Waals surface area contributed by atoms with Crippen LogP contribution in [0.15, 0.2) is 30.7 Å². The van der Waals surface area contributed by atoms with E-state index >= 15 is 0 Å². The smallest absolute Gasteiger partial charge is 0.220 e. The van der Waals surface area contributed by atoms with Crippen molar-refractivity contribution in [1.29, 1.82) is 0 Å². The van der Waals surface area contributed by atoms with Gasteiger partial charge in [0.15, 0.2) is 11.6 Å². The van der Waals surface area contributed by atoms with E-state index in [-0.39, 0.29) is 29.0 Å². The highest BCUT2D eigenvalue weighted by atomic mass is 19.2. The van der Waals surface area contributed by atoms with Crippen LogP contribution in [-0.4, -0.2) is 31.7 Å². The van der Waals surface area contributed by atoms with Crippen LogP contribution in [0, 0.1) is 11.6 Å². The van der Waals surface area contributed by atoms with Crippen LogP contribution >= 0.6 is 0 Å². The molecule has 0 saturated carbocycles. The lowest BCUT2D eigenvalue weighted by Crippen LogP contribution is -2.45. The lowest BCUT2D eigenvalue weighted by molar-refractivity contribution is -0.123. The molecule has 3 aromatic rings. The Morgan fingerprint density at radius 2 is 2.00 bits per heavy atom. The number of carbonyl (C=O) groups is 1. The first-order valence-corrected chi connectivity index (χ1v) is 8.16. The molecular formula is C17H16F2N6O. The summed E-state index contributed by atoms with van der Waals surface area (Å²) in [5, 5.41) is 10.4. The summed E-state index contributed by atoms with van der Waals surface area (Å²) in [6, 6.07) is 1.63. The van der Waals surface area contributed by atoms with Gasteiger partial charge in [0.1, 0.15) is 5.82 Å². The number of nitrogens with zero attached hydrogens (tertiary/aromatic N) is 4. The normalized spacial score (nSPS) is 20.2. The van der Waals surface area contributed by atoms with Gasteiger partial charge in [-0.1, -0.05) is 0 Å². The van der Waals surface area contributed by atoms with Crippen LogP contribution in [0.2, 0.25) is 0 Å². The molecule has 2 atom stereocenters. The SMILES string of the molecule is Cn1cc([C@@H]2NC(=O)CC[C@H]2Nc2cnc3cc(F)c(F)cc3n2)cn1. The number of carbonyl (C=O) groups excluding carboxylic acids is 1. The molecule has 2 N–H and O–H groups in total. The summed E-state index contributed by atoms with van der Waals surface area (Å²) in [5.74, 6) is -1.53. The number of halogens is 2. The maximum Gasteiger partial charge on any atom is 0.220 e. The molecule has 1 amide bonds. The maximum absolute atomic E-state index is 13.4. The molecule has 0 aliphatic carbocycles. The third-order valence-corrected chi connectivity index (χ3v) is 4.40. The molecule has 1 aliphatic rings. The average molecular weight is 358 g/mol. The van der Waals surface area contributed by atoms with Crippen LogP contribution < -0.4 is 10.6 Å². The molecule has 2 aromatic heterocycles. The predicted molar refractivity (Wildman–Crippen MR) is 90.2 cm³/mol. The number of rotatable bonds is 3. The van der Waals surface area contributed by atoms with E-state index in [0.717, 1.165) is 17.7 Å². The molecule has 1 aromatic carbocycles. The van der Waals surface area contributed by atoms with Crippen molar-refractivity contribution in [3.05, 3.63) is 47.9 Å². The minimum Gasteiger partial charge on any atom is -0.364 e. The van der Waals surface area contributed by atoms with E-state index in [1.165, 1.54) is 6.20 Å². The largest absolute Gasteiger partial charge is 0.364 e. The molecule has 26 heavy (non-hydrogen) atoms. The van der Waals surface area contributed by atoms with Gasteiger partial charge in [-0.3, -0.25) is 14.5 Å². The highest BCUT2D eigenvalue weighted by Crippen LogP contribution is 2.27. The van der Waals surface area contributed by atoms with Crippen LogP contribution in [0.4, 0.5) is 14.6 Å². The molecule has 1 aliphatic heterocycles.